The van der Waals surface area contributed by atoms with E-state index < -0.39 is 0 Å². The van der Waals surface area contributed by atoms with Crippen molar-refractivity contribution in [2.75, 3.05) is 5.73 Å². The molecule has 0 bridgehead atoms. The minimum atomic E-state index is 0.0756. The Hall–Kier alpha value is -2.19. The van der Waals surface area contributed by atoms with Crippen LogP contribution in [0.1, 0.15) is 5.69 Å². The molecule has 0 aliphatic carbocycles. The number of rotatable bonds is 1. The smallest absolute Gasteiger partial charge is 0.222 e. The van der Waals surface area contributed by atoms with Crippen LogP contribution in [0.4, 0.5) is 5.95 Å². The number of halogens is 1. The molecule has 2 heterocycles. The summed E-state index contributed by atoms with van der Waals surface area (Å²) >= 11 is 5.75. The van der Waals surface area contributed by atoms with Gasteiger partial charge in [0.25, 0.3) is 0 Å². The van der Waals surface area contributed by atoms with Crippen molar-refractivity contribution in [2.24, 2.45) is 0 Å². The quantitative estimate of drug-likeness (QED) is 0.754. The molecule has 0 saturated heterocycles. The summed E-state index contributed by atoms with van der Waals surface area (Å²) < 4.78 is 0. The van der Waals surface area contributed by atoms with E-state index in [9.17, 15) is 0 Å². The van der Waals surface area contributed by atoms with Gasteiger partial charge in [-0.15, -0.1) is 0 Å². The number of nitriles is 1. The normalized spacial score (nSPS) is 9.75. The highest BCUT2D eigenvalue weighted by atomic mass is 35.5. The van der Waals surface area contributed by atoms with E-state index in [0.717, 1.165) is 0 Å². The Bertz CT molecular complexity index is 555. The van der Waals surface area contributed by atoms with Gasteiger partial charge >= 0.3 is 0 Å². The van der Waals surface area contributed by atoms with Gasteiger partial charge in [0.05, 0.1) is 11.4 Å². The summed E-state index contributed by atoms with van der Waals surface area (Å²) in [4.78, 5) is 11.8. The van der Waals surface area contributed by atoms with Gasteiger partial charge in [-0.3, -0.25) is 0 Å². The molecule has 78 valence electrons. The van der Waals surface area contributed by atoms with Crippen LogP contribution in [0, 0.1) is 11.3 Å². The molecule has 0 radical (unpaired) electrons. The lowest BCUT2D eigenvalue weighted by molar-refractivity contribution is 1.16. The van der Waals surface area contributed by atoms with Crippen molar-refractivity contribution >= 4 is 17.5 Å². The van der Waals surface area contributed by atoms with Crippen LogP contribution in [0.25, 0.3) is 11.4 Å². The molecule has 2 rings (SSSR count). The van der Waals surface area contributed by atoms with Crippen LogP contribution >= 0.6 is 11.6 Å². The summed E-state index contributed by atoms with van der Waals surface area (Å²) in [5.74, 6) is 0.0756. The predicted octanol–water partition coefficient (Wildman–Crippen LogP) is 1.65. The number of nitrogen functional groups attached to an aromatic ring is 1. The summed E-state index contributed by atoms with van der Waals surface area (Å²) in [6, 6.07) is 8.53. The van der Waals surface area contributed by atoms with Crippen molar-refractivity contribution in [3.63, 3.8) is 0 Å². The SMILES string of the molecule is N#Cc1cccc(-c2cc(Cl)nc(N)n2)n1. The summed E-state index contributed by atoms with van der Waals surface area (Å²) in [6.45, 7) is 0. The van der Waals surface area contributed by atoms with E-state index in [2.05, 4.69) is 15.0 Å². The van der Waals surface area contributed by atoms with Crippen molar-refractivity contribution in [1.82, 2.24) is 15.0 Å². The number of nitrogens with zero attached hydrogens (tertiary/aromatic N) is 4. The summed E-state index contributed by atoms with van der Waals surface area (Å²) in [6.07, 6.45) is 0. The number of hydrogen-bond acceptors (Lipinski definition) is 5. The maximum Gasteiger partial charge on any atom is 0.222 e. The molecule has 2 aromatic rings. The summed E-state index contributed by atoms with van der Waals surface area (Å²) in [5, 5.41) is 8.96. The van der Waals surface area contributed by atoms with Crippen LogP contribution in [0.15, 0.2) is 24.3 Å². The molecule has 2 aromatic heterocycles. The number of pyridine rings is 1. The van der Waals surface area contributed by atoms with E-state index >= 15 is 0 Å². The van der Waals surface area contributed by atoms with E-state index in [1.807, 2.05) is 6.07 Å². The van der Waals surface area contributed by atoms with Crippen molar-refractivity contribution in [2.45, 2.75) is 0 Å². The molecule has 0 unspecified atom stereocenters. The molecular weight excluding hydrogens is 226 g/mol. The Kier molecular flexibility index (Phi) is 2.66. The molecule has 5 nitrogen and oxygen atoms in total. The molecule has 0 aliphatic heterocycles. The van der Waals surface area contributed by atoms with Crippen LogP contribution < -0.4 is 5.73 Å². The fourth-order valence-corrected chi connectivity index (χ4v) is 1.40. The largest absolute Gasteiger partial charge is 0.368 e. The van der Waals surface area contributed by atoms with Crippen LogP contribution in [-0.4, -0.2) is 15.0 Å². The third-order valence-corrected chi connectivity index (χ3v) is 2.03. The minimum absolute atomic E-state index is 0.0756. The molecule has 0 aromatic carbocycles. The predicted molar refractivity (Wildman–Crippen MR) is 59.4 cm³/mol. The molecule has 0 atom stereocenters. The number of hydrogen-bond donors (Lipinski definition) is 1. The maximum absolute atomic E-state index is 8.72. The van der Waals surface area contributed by atoms with Gasteiger partial charge in [0.15, 0.2) is 0 Å². The fraction of sp³-hybridized carbons (Fsp3) is 0. The highest BCUT2D eigenvalue weighted by Crippen LogP contribution is 2.18. The zero-order valence-corrected chi connectivity index (χ0v) is 8.81. The van der Waals surface area contributed by atoms with Gasteiger partial charge in [0, 0.05) is 6.07 Å². The molecule has 2 N–H and O–H groups in total. The first-order valence-electron chi connectivity index (χ1n) is 4.36. The topological polar surface area (TPSA) is 88.5 Å². The van der Waals surface area contributed by atoms with Crippen molar-refractivity contribution < 1.29 is 0 Å². The van der Waals surface area contributed by atoms with Crippen molar-refractivity contribution in [1.29, 1.82) is 5.26 Å². The monoisotopic (exact) mass is 231 g/mol. The zero-order chi connectivity index (χ0) is 11.5. The Morgan fingerprint density at radius 3 is 2.69 bits per heavy atom. The van der Waals surface area contributed by atoms with E-state index in [-0.39, 0.29) is 11.1 Å². The lowest BCUT2D eigenvalue weighted by Crippen LogP contribution is -1.98. The van der Waals surface area contributed by atoms with Crippen LogP contribution in [0.2, 0.25) is 5.15 Å². The van der Waals surface area contributed by atoms with Crippen LogP contribution in [-0.2, 0) is 0 Å². The molecule has 16 heavy (non-hydrogen) atoms. The van der Waals surface area contributed by atoms with Gasteiger partial charge in [0.1, 0.15) is 16.9 Å². The number of aromatic nitrogens is 3. The third kappa shape index (κ3) is 2.07. The van der Waals surface area contributed by atoms with Crippen molar-refractivity contribution in [3.05, 3.63) is 35.1 Å². The van der Waals surface area contributed by atoms with Gasteiger partial charge in [-0.25, -0.2) is 15.0 Å². The van der Waals surface area contributed by atoms with Gasteiger partial charge in [-0.05, 0) is 12.1 Å². The standard InChI is InChI=1S/C10H6ClN5/c11-9-4-8(15-10(13)16-9)7-3-1-2-6(5-12)14-7/h1-4H,(H2,13,15,16). The first kappa shape index (κ1) is 10.3. The molecule has 0 amide bonds. The Balaban J connectivity index is 2.54. The lowest BCUT2D eigenvalue weighted by atomic mass is 10.2. The minimum Gasteiger partial charge on any atom is -0.368 e. The van der Waals surface area contributed by atoms with Gasteiger partial charge in [-0.2, -0.15) is 5.26 Å². The molecule has 6 heteroatoms. The molecule has 0 aliphatic rings. The average molecular weight is 232 g/mol. The Morgan fingerprint density at radius 1 is 1.19 bits per heavy atom. The van der Waals surface area contributed by atoms with Crippen LogP contribution in [0.3, 0.4) is 0 Å². The Morgan fingerprint density at radius 2 is 2.00 bits per heavy atom. The summed E-state index contributed by atoms with van der Waals surface area (Å²) in [5.41, 5.74) is 6.81. The second-order valence-corrected chi connectivity index (χ2v) is 3.34. The third-order valence-electron chi connectivity index (χ3n) is 1.84. The van der Waals surface area contributed by atoms with E-state index in [4.69, 9.17) is 22.6 Å². The molecular formula is C10H6ClN5. The maximum atomic E-state index is 8.72. The Labute approximate surface area is 96.5 Å². The van der Waals surface area contributed by atoms with E-state index in [1.165, 1.54) is 0 Å². The van der Waals surface area contributed by atoms with Gasteiger partial charge < -0.3 is 5.73 Å². The second-order valence-electron chi connectivity index (χ2n) is 2.95. The van der Waals surface area contributed by atoms with E-state index in [0.29, 0.717) is 17.1 Å². The lowest BCUT2D eigenvalue weighted by Gasteiger charge is -2.01. The highest BCUT2D eigenvalue weighted by Gasteiger charge is 2.05. The molecule has 0 fully saturated rings. The molecule has 0 spiro atoms. The first-order chi connectivity index (χ1) is 7.69. The van der Waals surface area contributed by atoms with Crippen LogP contribution in [0.5, 0.6) is 0 Å². The highest BCUT2D eigenvalue weighted by molar-refractivity contribution is 6.29. The second kappa shape index (κ2) is 4.13. The fourth-order valence-electron chi connectivity index (χ4n) is 1.21. The van der Waals surface area contributed by atoms with Gasteiger partial charge in [-0.1, -0.05) is 17.7 Å². The first-order valence-corrected chi connectivity index (χ1v) is 4.74. The zero-order valence-electron chi connectivity index (χ0n) is 8.05. The van der Waals surface area contributed by atoms with Gasteiger partial charge in [0.2, 0.25) is 5.95 Å². The average Bonchev–Trinajstić information content (AvgIpc) is 2.28. The van der Waals surface area contributed by atoms with Crippen molar-refractivity contribution in [3.8, 4) is 17.5 Å². The molecule has 0 saturated carbocycles. The summed E-state index contributed by atoms with van der Waals surface area (Å²) in [7, 11) is 0. The van der Waals surface area contributed by atoms with E-state index in [1.54, 1.807) is 24.3 Å². The number of anilines is 1. The number of nitrogens with two attached hydrogens (primary N) is 1.